The molecular formula is C16H10N6. The van der Waals surface area contributed by atoms with Gasteiger partial charge in [0.15, 0.2) is 0 Å². The lowest BCUT2D eigenvalue weighted by atomic mass is 10.1. The first kappa shape index (κ1) is 13.3. The van der Waals surface area contributed by atoms with E-state index < -0.39 is 0 Å². The number of anilines is 1. The molecule has 6 heteroatoms. The van der Waals surface area contributed by atoms with Gasteiger partial charge >= 0.3 is 0 Å². The highest BCUT2D eigenvalue weighted by atomic mass is 15.3. The summed E-state index contributed by atoms with van der Waals surface area (Å²) in [5.74, 6) is 0. The quantitative estimate of drug-likeness (QED) is 0.592. The number of hydrogen-bond donors (Lipinski definition) is 1. The van der Waals surface area contributed by atoms with Crippen molar-refractivity contribution in [2.24, 2.45) is 5.10 Å². The second-order valence-electron chi connectivity index (χ2n) is 4.47. The largest absolute Gasteiger partial charge is 0.306 e. The van der Waals surface area contributed by atoms with Crippen LogP contribution in [-0.2, 0) is 0 Å². The topological polar surface area (TPSA) is 89.3 Å². The number of imidazole rings is 1. The zero-order valence-corrected chi connectivity index (χ0v) is 11.4. The van der Waals surface area contributed by atoms with Crippen LogP contribution in [0.3, 0.4) is 0 Å². The predicted octanol–water partition coefficient (Wildman–Crippen LogP) is 2.82. The van der Waals surface area contributed by atoms with Crippen LogP contribution in [0.5, 0.6) is 0 Å². The van der Waals surface area contributed by atoms with Crippen LogP contribution in [0.25, 0.3) is 16.9 Å². The summed E-state index contributed by atoms with van der Waals surface area (Å²) in [7, 11) is 0. The molecule has 22 heavy (non-hydrogen) atoms. The fraction of sp³-hybridized carbons (Fsp3) is 0. The Hall–Kier alpha value is -3.64. The Labute approximate surface area is 126 Å². The molecule has 0 amide bonds. The molecule has 0 aliphatic heterocycles. The van der Waals surface area contributed by atoms with Gasteiger partial charge in [0.1, 0.15) is 17.8 Å². The van der Waals surface area contributed by atoms with Crippen LogP contribution in [0.2, 0.25) is 0 Å². The number of rotatable bonds is 3. The number of benzene rings is 1. The van der Waals surface area contributed by atoms with Gasteiger partial charge in [-0.15, -0.1) is 0 Å². The number of pyridine rings is 1. The molecule has 0 saturated carbocycles. The van der Waals surface area contributed by atoms with E-state index >= 15 is 0 Å². The van der Waals surface area contributed by atoms with Gasteiger partial charge in [0, 0.05) is 18.0 Å². The molecule has 6 nitrogen and oxygen atoms in total. The maximum Gasteiger partial charge on any atom is 0.237 e. The van der Waals surface area contributed by atoms with E-state index in [2.05, 4.69) is 15.5 Å². The molecule has 3 aromatic rings. The Morgan fingerprint density at radius 1 is 1.14 bits per heavy atom. The molecule has 0 saturated heterocycles. The molecule has 0 radical (unpaired) electrons. The van der Waals surface area contributed by atoms with Gasteiger partial charge in [-0.2, -0.15) is 15.6 Å². The zero-order valence-electron chi connectivity index (χ0n) is 11.4. The monoisotopic (exact) mass is 286 g/mol. The minimum atomic E-state index is -0.224. The van der Waals surface area contributed by atoms with Crippen LogP contribution in [-0.4, -0.2) is 15.1 Å². The van der Waals surface area contributed by atoms with Gasteiger partial charge in [-0.25, -0.2) is 4.98 Å². The second kappa shape index (κ2) is 5.78. The van der Waals surface area contributed by atoms with E-state index in [1.165, 1.54) is 0 Å². The van der Waals surface area contributed by atoms with E-state index in [4.69, 9.17) is 10.5 Å². The number of nitriles is 2. The van der Waals surface area contributed by atoms with E-state index in [0.717, 1.165) is 16.9 Å². The van der Waals surface area contributed by atoms with Crippen LogP contribution in [0.15, 0.2) is 60.0 Å². The van der Waals surface area contributed by atoms with Crippen molar-refractivity contribution in [1.82, 2.24) is 9.38 Å². The molecule has 3 rings (SSSR count). The average Bonchev–Trinajstić information content (AvgIpc) is 3.00. The molecule has 0 aliphatic carbocycles. The van der Waals surface area contributed by atoms with Crippen molar-refractivity contribution in [3.8, 4) is 23.4 Å². The van der Waals surface area contributed by atoms with Crippen molar-refractivity contribution in [2.45, 2.75) is 0 Å². The molecule has 0 aliphatic rings. The molecule has 2 aromatic heterocycles. The van der Waals surface area contributed by atoms with Gasteiger partial charge in [0.25, 0.3) is 0 Å². The summed E-state index contributed by atoms with van der Waals surface area (Å²) >= 11 is 0. The highest BCUT2D eigenvalue weighted by molar-refractivity contribution is 6.10. The van der Waals surface area contributed by atoms with E-state index in [1.54, 1.807) is 18.2 Å². The first-order chi connectivity index (χ1) is 10.8. The maximum absolute atomic E-state index is 8.66. The number of nitrogens with zero attached hydrogens (tertiary/aromatic N) is 5. The van der Waals surface area contributed by atoms with E-state index in [0.29, 0.717) is 5.69 Å². The molecule has 1 N–H and O–H groups in total. The lowest BCUT2D eigenvalue weighted by Gasteiger charge is -2.02. The summed E-state index contributed by atoms with van der Waals surface area (Å²) in [6.45, 7) is 0. The molecule has 0 spiro atoms. The normalized spacial score (nSPS) is 9.73. The van der Waals surface area contributed by atoms with Crippen LogP contribution in [0, 0.1) is 22.7 Å². The summed E-state index contributed by atoms with van der Waals surface area (Å²) in [6, 6.07) is 16.7. The van der Waals surface area contributed by atoms with Gasteiger partial charge in [-0.3, -0.25) is 5.43 Å². The fourth-order valence-electron chi connectivity index (χ4n) is 2.02. The Balaban J connectivity index is 1.93. The van der Waals surface area contributed by atoms with Gasteiger partial charge < -0.3 is 4.40 Å². The highest BCUT2D eigenvalue weighted by Crippen LogP contribution is 2.22. The fourth-order valence-corrected chi connectivity index (χ4v) is 2.02. The van der Waals surface area contributed by atoms with Crippen LogP contribution >= 0.6 is 0 Å². The molecule has 0 bridgehead atoms. The lowest BCUT2D eigenvalue weighted by molar-refractivity contribution is 1.19. The Morgan fingerprint density at radius 3 is 2.77 bits per heavy atom. The summed E-state index contributed by atoms with van der Waals surface area (Å²) in [5.41, 5.74) is 5.77. The minimum Gasteiger partial charge on any atom is -0.306 e. The molecule has 0 atom stereocenters. The highest BCUT2D eigenvalue weighted by Gasteiger charge is 2.04. The van der Waals surface area contributed by atoms with Crippen molar-refractivity contribution in [2.75, 3.05) is 5.43 Å². The Morgan fingerprint density at radius 2 is 2.00 bits per heavy atom. The van der Waals surface area contributed by atoms with E-state index in [9.17, 15) is 0 Å². The first-order valence-corrected chi connectivity index (χ1v) is 6.48. The predicted molar refractivity (Wildman–Crippen MR) is 82.9 cm³/mol. The summed E-state index contributed by atoms with van der Waals surface area (Å²) in [4.78, 5) is 4.55. The van der Waals surface area contributed by atoms with Crippen molar-refractivity contribution in [3.05, 3.63) is 54.9 Å². The third-order valence-electron chi connectivity index (χ3n) is 3.03. The third-order valence-corrected chi connectivity index (χ3v) is 3.03. The standard InChI is InChI=1S/C16H10N6/c17-9-14(10-18)21-20-13-5-3-4-12(8-13)15-11-22-7-2-1-6-16(22)19-15/h1-8,11,20H. The van der Waals surface area contributed by atoms with Crippen LogP contribution in [0.4, 0.5) is 5.69 Å². The average molecular weight is 286 g/mol. The summed E-state index contributed by atoms with van der Waals surface area (Å²) in [6.07, 6.45) is 3.87. The molecular weight excluding hydrogens is 276 g/mol. The minimum absolute atomic E-state index is 0.224. The van der Waals surface area contributed by atoms with Gasteiger partial charge in [-0.1, -0.05) is 18.2 Å². The van der Waals surface area contributed by atoms with Crippen molar-refractivity contribution in [3.63, 3.8) is 0 Å². The Bertz CT molecular complexity index is 890. The Kier molecular flexibility index (Phi) is 3.51. The third kappa shape index (κ3) is 2.62. The van der Waals surface area contributed by atoms with Crippen LogP contribution in [0.1, 0.15) is 0 Å². The van der Waals surface area contributed by atoms with Crippen molar-refractivity contribution >= 4 is 17.0 Å². The van der Waals surface area contributed by atoms with Gasteiger partial charge in [0.05, 0.1) is 11.4 Å². The zero-order chi connectivity index (χ0) is 15.4. The van der Waals surface area contributed by atoms with Gasteiger partial charge in [0.2, 0.25) is 5.71 Å². The number of fused-ring (bicyclic) bond motifs is 1. The maximum atomic E-state index is 8.66. The van der Waals surface area contributed by atoms with E-state index in [-0.39, 0.29) is 5.71 Å². The first-order valence-electron chi connectivity index (χ1n) is 6.48. The summed E-state index contributed by atoms with van der Waals surface area (Å²) < 4.78 is 1.94. The van der Waals surface area contributed by atoms with E-state index in [1.807, 2.05) is 53.2 Å². The molecule has 0 fully saturated rings. The SMILES string of the molecule is N#CC(C#N)=NNc1cccc(-c2cn3ccccc3n2)c1. The summed E-state index contributed by atoms with van der Waals surface area (Å²) in [5, 5.41) is 21.0. The second-order valence-corrected chi connectivity index (χ2v) is 4.47. The van der Waals surface area contributed by atoms with Crippen LogP contribution < -0.4 is 5.43 Å². The number of hydrazone groups is 1. The number of nitrogens with one attached hydrogen (secondary N) is 1. The molecule has 0 unspecified atom stereocenters. The van der Waals surface area contributed by atoms with Gasteiger partial charge in [-0.05, 0) is 24.3 Å². The van der Waals surface area contributed by atoms with Crippen molar-refractivity contribution in [1.29, 1.82) is 10.5 Å². The number of aromatic nitrogens is 2. The van der Waals surface area contributed by atoms with Crippen molar-refractivity contribution < 1.29 is 0 Å². The number of hydrogen-bond acceptors (Lipinski definition) is 5. The molecule has 2 heterocycles. The molecule has 1 aromatic carbocycles. The lowest BCUT2D eigenvalue weighted by Crippen LogP contribution is -1.96. The molecule has 104 valence electrons. The smallest absolute Gasteiger partial charge is 0.237 e.